The number of nitrogen functional groups attached to an aromatic ring is 1. The number of aromatic nitrogens is 2. The smallest absolute Gasteiger partial charge is 0.135 e. The molecule has 2 N–H and O–H groups in total. The van der Waals surface area contributed by atoms with Gasteiger partial charge in [0.2, 0.25) is 0 Å². The molecular weight excluding hydrogens is 241 g/mol. The molecule has 0 unspecified atom stereocenters. The molecule has 4 heteroatoms. The fourth-order valence-corrected chi connectivity index (χ4v) is 1.96. The Bertz CT molecular complexity index is 550. The average molecular weight is 259 g/mol. The quantitative estimate of drug-likeness (QED) is 0.918. The van der Waals surface area contributed by atoms with Crippen LogP contribution in [-0.2, 0) is 12.8 Å². The van der Waals surface area contributed by atoms with Crippen LogP contribution in [0.25, 0.3) is 0 Å². The largest absolute Gasteiger partial charge is 0.384 e. The maximum atomic E-state index is 12.8. The molecule has 100 valence electrons. The number of rotatable bonds is 4. The predicted molar refractivity (Wildman–Crippen MR) is 74.2 cm³/mol. The Labute approximate surface area is 112 Å². The third-order valence-electron chi connectivity index (χ3n) is 2.74. The van der Waals surface area contributed by atoms with Gasteiger partial charge in [0, 0.05) is 18.2 Å². The molecule has 0 saturated carbocycles. The summed E-state index contributed by atoms with van der Waals surface area (Å²) >= 11 is 0. The van der Waals surface area contributed by atoms with E-state index in [4.69, 9.17) is 5.73 Å². The number of halogens is 1. The zero-order valence-corrected chi connectivity index (χ0v) is 11.2. The highest BCUT2D eigenvalue weighted by Gasteiger charge is 2.06. The minimum atomic E-state index is -0.238. The van der Waals surface area contributed by atoms with Crippen LogP contribution in [0.4, 0.5) is 10.2 Å². The first-order valence-corrected chi connectivity index (χ1v) is 6.39. The van der Waals surface area contributed by atoms with E-state index in [0.29, 0.717) is 24.0 Å². The molecule has 0 saturated heterocycles. The van der Waals surface area contributed by atoms with Crippen LogP contribution in [0.2, 0.25) is 0 Å². The van der Waals surface area contributed by atoms with E-state index in [1.165, 1.54) is 12.1 Å². The molecule has 0 bridgehead atoms. The summed E-state index contributed by atoms with van der Waals surface area (Å²) in [6.45, 7) is 4.27. The van der Waals surface area contributed by atoms with Crippen LogP contribution < -0.4 is 5.73 Å². The number of anilines is 1. The minimum Gasteiger partial charge on any atom is -0.384 e. The number of nitrogens with zero attached hydrogens (tertiary/aromatic N) is 2. The van der Waals surface area contributed by atoms with Gasteiger partial charge in [-0.25, -0.2) is 14.4 Å². The Morgan fingerprint density at radius 3 is 2.47 bits per heavy atom. The van der Waals surface area contributed by atoms with E-state index >= 15 is 0 Å². The lowest BCUT2D eigenvalue weighted by atomic mass is 10.1. The van der Waals surface area contributed by atoms with Crippen LogP contribution in [0.5, 0.6) is 0 Å². The molecule has 0 amide bonds. The highest BCUT2D eigenvalue weighted by atomic mass is 19.1. The highest BCUT2D eigenvalue weighted by Crippen LogP contribution is 2.12. The fraction of sp³-hybridized carbons (Fsp3) is 0.333. The average Bonchev–Trinajstić information content (AvgIpc) is 2.30. The van der Waals surface area contributed by atoms with Crippen LogP contribution in [0.1, 0.15) is 30.9 Å². The molecule has 0 aliphatic heterocycles. The van der Waals surface area contributed by atoms with Crippen molar-refractivity contribution in [2.75, 3.05) is 5.73 Å². The van der Waals surface area contributed by atoms with Crippen molar-refractivity contribution < 1.29 is 4.39 Å². The van der Waals surface area contributed by atoms with E-state index in [0.717, 1.165) is 17.7 Å². The van der Waals surface area contributed by atoms with Crippen LogP contribution in [-0.4, -0.2) is 9.97 Å². The van der Waals surface area contributed by atoms with E-state index in [1.807, 2.05) is 6.07 Å². The van der Waals surface area contributed by atoms with Crippen molar-refractivity contribution in [3.63, 3.8) is 0 Å². The van der Waals surface area contributed by atoms with Gasteiger partial charge in [-0.2, -0.15) is 0 Å². The number of hydrogen-bond donors (Lipinski definition) is 1. The van der Waals surface area contributed by atoms with Gasteiger partial charge >= 0.3 is 0 Å². The first-order valence-electron chi connectivity index (χ1n) is 6.39. The van der Waals surface area contributed by atoms with Gasteiger partial charge in [-0.3, -0.25) is 0 Å². The molecule has 0 fully saturated rings. The third kappa shape index (κ3) is 4.02. The van der Waals surface area contributed by atoms with Crippen molar-refractivity contribution in [2.45, 2.75) is 26.7 Å². The summed E-state index contributed by atoms with van der Waals surface area (Å²) in [5.74, 6) is 1.45. The second kappa shape index (κ2) is 5.78. The van der Waals surface area contributed by atoms with Crippen molar-refractivity contribution in [3.8, 4) is 0 Å². The SMILES string of the molecule is CC(C)Cc1cc(N)nc(Cc2ccc(F)cc2)n1. The summed E-state index contributed by atoms with van der Waals surface area (Å²) in [6, 6.07) is 8.18. The molecular formula is C15H18FN3. The number of hydrogen-bond acceptors (Lipinski definition) is 3. The molecule has 0 radical (unpaired) electrons. The summed E-state index contributed by atoms with van der Waals surface area (Å²) in [4.78, 5) is 8.74. The summed E-state index contributed by atoms with van der Waals surface area (Å²) in [6.07, 6.45) is 1.44. The molecule has 0 aliphatic rings. The fourth-order valence-electron chi connectivity index (χ4n) is 1.96. The number of nitrogens with two attached hydrogens (primary N) is 1. The zero-order chi connectivity index (χ0) is 13.8. The normalized spacial score (nSPS) is 10.9. The molecule has 0 spiro atoms. The second-order valence-corrected chi connectivity index (χ2v) is 5.10. The maximum absolute atomic E-state index is 12.8. The Morgan fingerprint density at radius 1 is 1.16 bits per heavy atom. The molecule has 2 rings (SSSR count). The Morgan fingerprint density at radius 2 is 1.84 bits per heavy atom. The lowest BCUT2D eigenvalue weighted by Crippen LogP contribution is -2.06. The molecule has 0 aliphatic carbocycles. The lowest BCUT2D eigenvalue weighted by Gasteiger charge is -2.08. The first kappa shape index (κ1) is 13.5. The standard InChI is InChI=1S/C15H18FN3/c1-10(2)7-13-9-14(17)19-15(18-13)8-11-3-5-12(16)6-4-11/h3-6,9-10H,7-8H2,1-2H3,(H2,17,18,19). The maximum Gasteiger partial charge on any atom is 0.135 e. The zero-order valence-electron chi connectivity index (χ0n) is 11.2. The van der Waals surface area contributed by atoms with Gasteiger partial charge in [0.05, 0.1) is 0 Å². The van der Waals surface area contributed by atoms with Crippen LogP contribution in [0.15, 0.2) is 30.3 Å². The van der Waals surface area contributed by atoms with Crippen LogP contribution in [0, 0.1) is 11.7 Å². The third-order valence-corrected chi connectivity index (χ3v) is 2.74. The minimum absolute atomic E-state index is 0.238. The van der Waals surface area contributed by atoms with Gasteiger partial charge in [-0.05, 0) is 30.0 Å². The summed E-state index contributed by atoms with van der Waals surface area (Å²) in [5, 5.41) is 0. The Hall–Kier alpha value is -1.97. The van der Waals surface area contributed by atoms with Crippen molar-refractivity contribution in [1.29, 1.82) is 0 Å². The molecule has 1 aromatic carbocycles. The summed E-state index contributed by atoms with van der Waals surface area (Å²) < 4.78 is 12.8. The van der Waals surface area contributed by atoms with Crippen LogP contribution in [0.3, 0.4) is 0 Å². The van der Waals surface area contributed by atoms with E-state index in [2.05, 4.69) is 23.8 Å². The molecule has 1 aromatic heterocycles. The Kier molecular flexibility index (Phi) is 4.10. The highest BCUT2D eigenvalue weighted by molar-refractivity contribution is 5.31. The van der Waals surface area contributed by atoms with Gasteiger partial charge in [-0.15, -0.1) is 0 Å². The van der Waals surface area contributed by atoms with E-state index in [-0.39, 0.29) is 5.82 Å². The van der Waals surface area contributed by atoms with E-state index < -0.39 is 0 Å². The lowest BCUT2D eigenvalue weighted by molar-refractivity contribution is 0.626. The summed E-state index contributed by atoms with van der Waals surface area (Å²) in [5.41, 5.74) is 7.73. The second-order valence-electron chi connectivity index (χ2n) is 5.10. The van der Waals surface area contributed by atoms with Crippen molar-refractivity contribution in [3.05, 3.63) is 53.2 Å². The van der Waals surface area contributed by atoms with Crippen LogP contribution >= 0.6 is 0 Å². The van der Waals surface area contributed by atoms with Crippen molar-refractivity contribution in [1.82, 2.24) is 9.97 Å². The van der Waals surface area contributed by atoms with Crippen molar-refractivity contribution in [2.24, 2.45) is 5.92 Å². The van der Waals surface area contributed by atoms with Gasteiger partial charge < -0.3 is 5.73 Å². The molecule has 2 aromatic rings. The molecule has 0 atom stereocenters. The molecule has 3 nitrogen and oxygen atoms in total. The topological polar surface area (TPSA) is 51.8 Å². The van der Waals surface area contributed by atoms with Gasteiger partial charge in [0.15, 0.2) is 0 Å². The van der Waals surface area contributed by atoms with Gasteiger partial charge in [0.25, 0.3) is 0 Å². The first-order chi connectivity index (χ1) is 9.02. The van der Waals surface area contributed by atoms with E-state index in [1.54, 1.807) is 12.1 Å². The summed E-state index contributed by atoms with van der Waals surface area (Å²) in [7, 11) is 0. The number of benzene rings is 1. The van der Waals surface area contributed by atoms with Crippen molar-refractivity contribution >= 4 is 5.82 Å². The Balaban J connectivity index is 2.19. The molecule has 19 heavy (non-hydrogen) atoms. The monoisotopic (exact) mass is 259 g/mol. The predicted octanol–water partition coefficient (Wildman–Crippen LogP) is 2.99. The van der Waals surface area contributed by atoms with Gasteiger partial charge in [0.1, 0.15) is 17.5 Å². The van der Waals surface area contributed by atoms with Gasteiger partial charge in [-0.1, -0.05) is 26.0 Å². The van der Waals surface area contributed by atoms with E-state index in [9.17, 15) is 4.39 Å². The molecule has 1 heterocycles.